The summed E-state index contributed by atoms with van der Waals surface area (Å²) in [5, 5.41) is 7.63. The molecule has 1 aromatic rings. The maximum absolute atomic E-state index is 4.57. The van der Waals surface area contributed by atoms with Gasteiger partial charge in [0.2, 0.25) is 0 Å². The molecule has 0 bridgehead atoms. The summed E-state index contributed by atoms with van der Waals surface area (Å²) >= 11 is 2.01. The van der Waals surface area contributed by atoms with Gasteiger partial charge in [0.25, 0.3) is 0 Å². The van der Waals surface area contributed by atoms with E-state index in [0.717, 1.165) is 18.3 Å². The normalized spacial score (nSPS) is 24.1. The molecule has 17 heavy (non-hydrogen) atoms. The third-order valence-electron chi connectivity index (χ3n) is 3.26. The Balaban J connectivity index is 1.74. The number of para-hydroxylation sites is 1. The van der Waals surface area contributed by atoms with E-state index in [4.69, 9.17) is 0 Å². The maximum atomic E-state index is 4.57. The van der Waals surface area contributed by atoms with Gasteiger partial charge in [-0.2, -0.15) is 0 Å². The number of hydrogen-bond acceptors (Lipinski definition) is 4. The second kappa shape index (κ2) is 5.10. The van der Waals surface area contributed by atoms with Gasteiger partial charge < -0.3 is 10.6 Å². The number of rotatable bonds is 2. The Labute approximate surface area is 106 Å². The van der Waals surface area contributed by atoms with Gasteiger partial charge in [-0.3, -0.25) is 4.99 Å². The fraction of sp³-hybridized carbons (Fsp3) is 0.462. The first kappa shape index (κ1) is 11.1. The van der Waals surface area contributed by atoms with Gasteiger partial charge in [0.1, 0.15) is 5.37 Å². The number of anilines is 1. The van der Waals surface area contributed by atoms with E-state index in [1.165, 1.54) is 24.1 Å². The minimum atomic E-state index is 0.274. The minimum Gasteiger partial charge on any atom is -0.346 e. The zero-order valence-corrected chi connectivity index (χ0v) is 10.5. The molecule has 2 aliphatic heterocycles. The predicted molar refractivity (Wildman–Crippen MR) is 74.8 cm³/mol. The molecule has 1 aromatic carbocycles. The van der Waals surface area contributed by atoms with Crippen LogP contribution in [0.4, 0.5) is 5.69 Å². The number of piperidine rings is 1. The zero-order valence-electron chi connectivity index (χ0n) is 9.73. The lowest BCUT2D eigenvalue weighted by Crippen LogP contribution is -2.29. The number of nitrogens with one attached hydrogen (secondary N) is 2. The second-order valence-corrected chi connectivity index (χ2v) is 5.83. The molecular formula is C13H17N3S. The monoisotopic (exact) mass is 247 g/mol. The molecule has 90 valence electrons. The van der Waals surface area contributed by atoms with E-state index < -0.39 is 0 Å². The van der Waals surface area contributed by atoms with Gasteiger partial charge in [-0.15, -0.1) is 11.8 Å². The van der Waals surface area contributed by atoms with Gasteiger partial charge in [0.05, 0.1) is 6.34 Å². The number of aliphatic imine (C=N–C) groups is 1. The van der Waals surface area contributed by atoms with E-state index in [0.29, 0.717) is 0 Å². The molecule has 3 nitrogen and oxygen atoms in total. The van der Waals surface area contributed by atoms with Crippen LogP contribution in [0.1, 0.15) is 23.8 Å². The minimum absolute atomic E-state index is 0.274. The van der Waals surface area contributed by atoms with Crippen LogP contribution in [0, 0.1) is 0 Å². The highest BCUT2D eigenvalue weighted by Crippen LogP contribution is 2.40. The van der Waals surface area contributed by atoms with Crippen LogP contribution in [0.3, 0.4) is 0 Å². The SMILES string of the molecule is C1=NC(SC2CCNCC2)c2ccccc2N1. The largest absolute Gasteiger partial charge is 0.346 e. The van der Waals surface area contributed by atoms with Crippen molar-refractivity contribution in [2.75, 3.05) is 18.4 Å². The van der Waals surface area contributed by atoms with E-state index in [9.17, 15) is 0 Å². The lowest BCUT2D eigenvalue weighted by Gasteiger charge is -2.27. The Morgan fingerprint density at radius 1 is 1.18 bits per heavy atom. The molecule has 1 unspecified atom stereocenters. The fourth-order valence-corrected chi connectivity index (χ4v) is 3.68. The Morgan fingerprint density at radius 2 is 2.00 bits per heavy atom. The predicted octanol–water partition coefficient (Wildman–Crippen LogP) is 2.62. The number of thioether (sulfide) groups is 1. The Kier molecular flexibility index (Phi) is 3.34. The van der Waals surface area contributed by atoms with E-state index >= 15 is 0 Å². The summed E-state index contributed by atoms with van der Waals surface area (Å²) in [6.07, 6.45) is 4.35. The van der Waals surface area contributed by atoms with Gasteiger partial charge in [0.15, 0.2) is 0 Å². The number of hydrogen-bond donors (Lipinski definition) is 2. The Bertz CT molecular complexity index is 413. The van der Waals surface area contributed by atoms with E-state index in [1.807, 2.05) is 18.1 Å². The molecule has 1 saturated heterocycles. The first-order valence-electron chi connectivity index (χ1n) is 6.17. The highest BCUT2D eigenvalue weighted by Gasteiger charge is 2.23. The van der Waals surface area contributed by atoms with Crippen molar-refractivity contribution < 1.29 is 0 Å². The molecule has 3 rings (SSSR count). The Morgan fingerprint density at radius 3 is 2.88 bits per heavy atom. The van der Waals surface area contributed by atoms with Crippen molar-refractivity contribution in [1.29, 1.82) is 0 Å². The second-order valence-electron chi connectivity index (χ2n) is 4.45. The molecule has 0 radical (unpaired) electrons. The molecule has 2 heterocycles. The van der Waals surface area contributed by atoms with Gasteiger partial charge in [-0.05, 0) is 32.0 Å². The van der Waals surface area contributed by atoms with Gasteiger partial charge in [-0.25, -0.2) is 0 Å². The highest BCUT2D eigenvalue weighted by atomic mass is 32.2. The van der Waals surface area contributed by atoms with E-state index in [2.05, 4.69) is 39.9 Å². The molecule has 0 amide bonds. The van der Waals surface area contributed by atoms with Crippen LogP contribution in [0.15, 0.2) is 29.3 Å². The summed E-state index contributed by atoms with van der Waals surface area (Å²) in [5.41, 5.74) is 2.52. The van der Waals surface area contributed by atoms with Gasteiger partial charge in [0, 0.05) is 16.5 Å². The standard InChI is InChI=1S/C13H17N3S/c1-2-4-12-11(3-1)13(16-9-15-12)17-10-5-7-14-8-6-10/h1-4,9-10,13-14H,5-8H2,(H,15,16). The highest BCUT2D eigenvalue weighted by molar-refractivity contribution is 8.00. The van der Waals surface area contributed by atoms with Crippen LogP contribution >= 0.6 is 11.8 Å². The van der Waals surface area contributed by atoms with Crippen LogP contribution in [-0.4, -0.2) is 24.7 Å². The molecule has 0 aliphatic carbocycles. The van der Waals surface area contributed by atoms with Crippen molar-refractivity contribution in [2.24, 2.45) is 4.99 Å². The fourth-order valence-electron chi connectivity index (χ4n) is 2.32. The topological polar surface area (TPSA) is 36.4 Å². The maximum Gasteiger partial charge on any atom is 0.124 e. The van der Waals surface area contributed by atoms with Gasteiger partial charge in [-0.1, -0.05) is 18.2 Å². The zero-order chi connectivity index (χ0) is 11.5. The molecule has 0 spiro atoms. The van der Waals surface area contributed by atoms with Crippen molar-refractivity contribution in [2.45, 2.75) is 23.5 Å². The van der Waals surface area contributed by atoms with Crippen molar-refractivity contribution in [3.8, 4) is 0 Å². The van der Waals surface area contributed by atoms with Crippen LogP contribution < -0.4 is 10.6 Å². The first-order chi connectivity index (χ1) is 8.43. The Hall–Kier alpha value is -1.00. The number of nitrogens with zero attached hydrogens (tertiary/aromatic N) is 1. The van der Waals surface area contributed by atoms with Crippen LogP contribution in [0.25, 0.3) is 0 Å². The number of fused-ring (bicyclic) bond motifs is 1. The molecule has 0 aromatic heterocycles. The van der Waals surface area contributed by atoms with Crippen LogP contribution in [-0.2, 0) is 0 Å². The van der Waals surface area contributed by atoms with Crippen molar-refractivity contribution in [1.82, 2.24) is 5.32 Å². The van der Waals surface area contributed by atoms with Crippen LogP contribution in [0.2, 0.25) is 0 Å². The molecular weight excluding hydrogens is 230 g/mol. The summed E-state index contributed by atoms with van der Waals surface area (Å²) in [6, 6.07) is 8.46. The molecule has 0 saturated carbocycles. The molecule has 2 N–H and O–H groups in total. The quantitative estimate of drug-likeness (QED) is 0.843. The summed E-state index contributed by atoms with van der Waals surface area (Å²) < 4.78 is 0. The van der Waals surface area contributed by atoms with Crippen molar-refractivity contribution >= 4 is 23.8 Å². The van der Waals surface area contributed by atoms with Crippen molar-refractivity contribution in [3.63, 3.8) is 0 Å². The molecule has 1 atom stereocenters. The number of benzene rings is 1. The smallest absolute Gasteiger partial charge is 0.124 e. The third kappa shape index (κ3) is 2.48. The first-order valence-corrected chi connectivity index (χ1v) is 7.11. The van der Waals surface area contributed by atoms with Crippen molar-refractivity contribution in [3.05, 3.63) is 29.8 Å². The lowest BCUT2D eigenvalue weighted by molar-refractivity contribution is 0.530. The van der Waals surface area contributed by atoms with E-state index in [1.54, 1.807) is 0 Å². The van der Waals surface area contributed by atoms with Gasteiger partial charge >= 0.3 is 0 Å². The van der Waals surface area contributed by atoms with Crippen LogP contribution in [0.5, 0.6) is 0 Å². The molecule has 1 fully saturated rings. The summed E-state index contributed by atoms with van der Waals surface area (Å²) in [7, 11) is 0. The summed E-state index contributed by atoms with van der Waals surface area (Å²) in [4.78, 5) is 4.57. The summed E-state index contributed by atoms with van der Waals surface area (Å²) in [6.45, 7) is 2.29. The third-order valence-corrected chi connectivity index (χ3v) is 4.75. The average Bonchev–Trinajstić information content (AvgIpc) is 2.40. The molecule has 4 heteroatoms. The molecule has 2 aliphatic rings. The van der Waals surface area contributed by atoms with E-state index in [-0.39, 0.29) is 5.37 Å². The lowest BCUT2D eigenvalue weighted by atomic mass is 10.1. The average molecular weight is 247 g/mol. The summed E-state index contributed by atoms with van der Waals surface area (Å²) in [5.74, 6) is 0.